The van der Waals surface area contributed by atoms with Crippen LogP contribution in [-0.4, -0.2) is 192 Å². The lowest BCUT2D eigenvalue weighted by Gasteiger charge is -2.29. The van der Waals surface area contributed by atoms with Crippen molar-refractivity contribution >= 4 is 111 Å². The summed E-state index contributed by atoms with van der Waals surface area (Å²) in [6.07, 6.45) is 4.06. The fourth-order valence-corrected chi connectivity index (χ4v) is 10.4. The van der Waals surface area contributed by atoms with Crippen LogP contribution in [0.25, 0.3) is 21.8 Å². The number of carbonyl (C=O) groups excluding carboxylic acids is 9. The summed E-state index contributed by atoms with van der Waals surface area (Å²) in [5.41, 5.74) is 9.26. The number of benzene rings is 3. The van der Waals surface area contributed by atoms with Crippen molar-refractivity contribution in [2.45, 2.75) is 133 Å². The first-order valence-corrected chi connectivity index (χ1v) is 31.5. The van der Waals surface area contributed by atoms with Gasteiger partial charge >= 0.3 is 11.9 Å². The Hall–Kier alpha value is -8.71. The zero-order valence-corrected chi connectivity index (χ0v) is 52.7. The minimum Gasteiger partial charge on any atom is -0.508 e. The number of rotatable bonds is 37. The van der Waals surface area contributed by atoms with Crippen LogP contribution >= 0.6 is 24.4 Å². The predicted octanol–water partition coefficient (Wildman–Crippen LogP) is -0.608. The van der Waals surface area contributed by atoms with Gasteiger partial charge in [0.05, 0.1) is 25.7 Å². The van der Waals surface area contributed by atoms with Crippen LogP contribution in [0.1, 0.15) is 70.1 Å². The highest BCUT2D eigenvalue weighted by molar-refractivity contribution is 7.98. The number of H-pyrrole nitrogens is 2. The van der Waals surface area contributed by atoms with E-state index in [0.29, 0.717) is 34.0 Å². The maximum absolute atomic E-state index is 14.5. The van der Waals surface area contributed by atoms with E-state index in [2.05, 4.69) is 70.4 Å². The Morgan fingerprint density at radius 3 is 1.41 bits per heavy atom. The fourth-order valence-electron chi connectivity index (χ4n) is 9.70. The van der Waals surface area contributed by atoms with Gasteiger partial charge in [0.25, 0.3) is 0 Å². The van der Waals surface area contributed by atoms with Gasteiger partial charge in [-0.2, -0.15) is 24.4 Å². The van der Waals surface area contributed by atoms with Crippen molar-refractivity contribution in [1.82, 2.24) is 57.8 Å². The predicted molar refractivity (Wildman–Crippen MR) is 341 cm³/mol. The molecule has 12 atom stereocenters. The van der Waals surface area contributed by atoms with Crippen LogP contribution in [0, 0.1) is 11.8 Å². The van der Waals surface area contributed by atoms with E-state index < -0.39 is 157 Å². The number of thioether (sulfide) groups is 1. The van der Waals surface area contributed by atoms with E-state index in [-0.39, 0.29) is 49.4 Å². The molecule has 3 aromatic carbocycles. The summed E-state index contributed by atoms with van der Waals surface area (Å²) in [6.45, 7) is 4.60. The van der Waals surface area contributed by atoms with Gasteiger partial charge in [-0.1, -0.05) is 89.1 Å². The fraction of sp³-hybridized carbons (Fsp3) is 0.459. The maximum atomic E-state index is 14.5. The van der Waals surface area contributed by atoms with Crippen LogP contribution in [0.4, 0.5) is 0 Å². The van der Waals surface area contributed by atoms with Gasteiger partial charge in [-0.3, -0.25) is 47.9 Å². The van der Waals surface area contributed by atoms with Crippen molar-refractivity contribution in [3.05, 3.63) is 102 Å². The second kappa shape index (κ2) is 35.6. The molecule has 30 heteroatoms. The topological polar surface area (TPSA) is 455 Å². The van der Waals surface area contributed by atoms with Gasteiger partial charge in [0.2, 0.25) is 53.2 Å². The second-order valence-corrected chi connectivity index (χ2v) is 23.4. The highest BCUT2D eigenvalue weighted by atomic mass is 32.2. The molecule has 5 aromatic rings. The number of aromatic amines is 2. The van der Waals surface area contributed by atoms with Crippen LogP contribution in [0.3, 0.4) is 0 Å². The van der Waals surface area contributed by atoms with E-state index in [9.17, 15) is 78.3 Å². The molecule has 494 valence electrons. The first-order chi connectivity index (χ1) is 43.4. The number of nitrogens with two attached hydrogens (primary N) is 1. The Morgan fingerprint density at radius 1 is 0.516 bits per heavy atom. The standard InChI is InChI=1S/C61H82N12O16S2/c1-6-31(3)50(60(87)70-47(29-75)58(85)71-48(30-90)59(86)67-44(55(82)73-51(61(88)89)32(4)7-2)24-35-27-64-41-15-11-9-13-38(35)41)72-56(83)45(25-49(77)78)68-53(80)42(20-21-91-5)65-54(81)43(23-34-26-63-40-14-10-8-12-37(34)40)66-57(84)46(28-74)69-52(79)39(62)22-33-16-18-36(76)19-17-33/h8-19,26-27,31-32,39,42-48,50-51,63-64,74-76,90H,6-7,20-25,28-30,62H2,1-5H3,(H,65,81)(H,66,84)(H,67,86)(H,68,80)(H,69,79)(H,70,87)(H,71,85)(H,72,83)(H,73,82)(H,77,78)(H,88,89)/t31-,32-,39-,42-,43-,44-,45-,46-,47-,48-,50-,51-/m0/s1. The van der Waals surface area contributed by atoms with Gasteiger partial charge in [-0.25, -0.2) is 4.79 Å². The largest absolute Gasteiger partial charge is 0.508 e. The van der Waals surface area contributed by atoms with Crippen LogP contribution in [0.15, 0.2) is 85.2 Å². The van der Waals surface area contributed by atoms with Gasteiger partial charge in [0.15, 0.2) is 0 Å². The SMILES string of the molecule is CC[C@H](C)[C@H](NC(=O)[C@H](Cc1c[nH]c2ccccc12)NC(=O)[C@H](CS)NC(=O)[C@H](CO)NC(=O)[C@@H](NC(=O)[C@H](CC(=O)O)NC(=O)[C@H](CCSC)NC(=O)[C@H](Cc1c[nH]c2ccccc12)NC(=O)[C@H](CO)NC(=O)[C@@H](N)Cc1ccc(O)cc1)[C@@H](C)CC)C(=O)O. The van der Waals surface area contributed by atoms with Crippen molar-refractivity contribution in [2.75, 3.05) is 31.0 Å². The zero-order valence-electron chi connectivity index (χ0n) is 50.9. The number of fused-ring (bicyclic) bond motifs is 2. The summed E-state index contributed by atoms with van der Waals surface area (Å²) in [5.74, 6) is -13.2. The van der Waals surface area contributed by atoms with E-state index in [1.165, 1.54) is 23.9 Å². The molecule has 0 saturated carbocycles. The number of nitrogens with one attached hydrogen (secondary N) is 11. The lowest BCUT2D eigenvalue weighted by molar-refractivity contribution is -0.144. The van der Waals surface area contributed by atoms with Crippen LogP contribution in [0.5, 0.6) is 5.75 Å². The smallest absolute Gasteiger partial charge is 0.326 e. The molecule has 28 nitrogen and oxygen atoms in total. The number of aliphatic hydroxyl groups is 2. The van der Waals surface area contributed by atoms with E-state index >= 15 is 0 Å². The third-order valence-corrected chi connectivity index (χ3v) is 16.5. The number of aliphatic hydroxyl groups excluding tert-OH is 2. The van der Waals surface area contributed by atoms with Gasteiger partial charge in [0.1, 0.15) is 60.1 Å². The highest BCUT2D eigenvalue weighted by Crippen LogP contribution is 2.22. The molecular formula is C61H82N12O16S2. The number of amides is 9. The van der Waals surface area contributed by atoms with Gasteiger partial charge in [0, 0.05) is 52.8 Å². The van der Waals surface area contributed by atoms with Crippen molar-refractivity contribution in [3.8, 4) is 5.75 Å². The third kappa shape index (κ3) is 21.2. The number of phenolic OH excluding ortho intramolecular Hbond substituents is 1. The molecule has 2 aromatic heterocycles. The molecule has 0 aliphatic rings. The molecule has 9 amide bonds. The number of carboxylic acid groups (broad SMARTS) is 2. The number of aliphatic carboxylic acids is 2. The Labute approximate surface area is 534 Å². The summed E-state index contributed by atoms with van der Waals surface area (Å²) >= 11 is 5.52. The molecule has 0 unspecified atom stereocenters. The Morgan fingerprint density at radius 2 is 0.923 bits per heavy atom. The third-order valence-electron chi connectivity index (χ3n) is 15.5. The number of phenols is 1. The lowest BCUT2D eigenvalue weighted by Crippen LogP contribution is -2.62. The van der Waals surface area contributed by atoms with Crippen LogP contribution in [0.2, 0.25) is 0 Å². The zero-order chi connectivity index (χ0) is 67.1. The quantitative estimate of drug-likeness (QED) is 0.0221. The average molecular weight is 1300 g/mol. The molecule has 0 spiro atoms. The number of para-hydroxylation sites is 2. The van der Waals surface area contributed by atoms with E-state index in [1.807, 2.05) is 0 Å². The number of carbonyl (C=O) groups is 11. The molecule has 0 saturated heterocycles. The number of aromatic nitrogens is 2. The first-order valence-electron chi connectivity index (χ1n) is 29.5. The maximum Gasteiger partial charge on any atom is 0.326 e. The molecule has 5 rings (SSSR count). The van der Waals surface area contributed by atoms with Gasteiger partial charge in [-0.05, 0) is 77.6 Å². The number of carboxylic acids is 2. The number of thiol groups is 1. The highest BCUT2D eigenvalue weighted by Gasteiger charge is 2.38. The Balaban J connectivity index is 1.31. The lowest BCUT2D eigenvalue weighted by atomic mass is 9.97. The van der Waals surface area contributed by atoms with Crippen LogP contribution < -0.4 is 53.6 Å². The van der Waals surface area contributed by atoms with E-state index in [4.69, 9.17) is 5.73 Å². The number of hydrogen-bond donors (Lipinski definition) is 18. The van der Waals surface area contributed by atoms with Crippen molar-refractivity contribution in [2.24, 2.45) is 17.6 Å². The molecule has 2 heterocycles. The first kappa shape index (κ1) is 73.0. The van der Waals surface area contributed by atoms with Crippen molar-refractivity contribution in [1.29, 1.82) is 0 Å². The van der Waals surface area contributed by atoms with E-state index in [0.717, 1.165) is 10.9 Å². The van der Waals surface area contributed by atoms with Crippen molar-refractivity contribution < 1.29 is 78.3 Å². The molecule has 0 radical (unpaired) electrons. The van der Waals surface area contributed by atoms with E-state index in [1.54, 1.807) is 107 Å². The normalized spacial score (nSPS) is 15.3. The van der Waals surface area contributed by atoms with Gasteiger partial charge < -0.3 is 89.1 Å². The number of hydrogen-bond acceptors (Lipinski definition) is 17. The summed E-state index contributed by atoms with van der Waals surface area (Å²) < 4.78 is 0. The molecule has 91 heavy (non-hydrogen) atoms. The molecule has 0 aliphatic carbocycles. The summed E-state index contributed by atoms with van der Waals surface area (Å²) in [4.78, 5) is 157. The molecule has 18 N–H and O–H groups in total. The average Bonchev–Trinajstić information content (AvgIpc) is 1.90. The monoisotopic (exact) mass is 1300 g/mol. The molecule has 0 fully saturated rings. The Bertz CT molecular complexity index is 3350. The van der Waals surface area contributed by atoms with Gasteiger partial charge in [-0.15, -0.1) is 0 Å². The van der Waals surface area contributed by atoms with Crippen LogP contribution in [-0.2, 0) is 72.0 Å². The minimum atomic E-state index is -1.91. The molecule has 0 aliphatic heterocycles. The Kier molecular flexibility index (Phi) is 28.6. The second-order valence-electron chi connectivity index (χ2n) is 22.0. The van der Waals surface area contributed by atoms with Crippen molar-refractivity contribution in [3.63, 3.8) is 0 Å². The summed E-state index contributed by atoms with van der Waals surface area (Å²) in [7, 11) is 0. The molecular weight excluding hydrogens is 1220 g/mol. The molecule has 0 bridgehead atoms. The minimum absolute atomic E-state index is 0.00440. The number of aromatic hydroxyl groups is 1. The summed E-state index contributed by atoms with van der Waals surface area (Å²) in [6, 6.07) is 4.79. The summed E-state index contributed by atoms with van der Waals surface area (Å²) in [5, 5.41) is 74.1.